The molecule has 1 saturated carbocycles. The van der Waals surface area contributed by atoms with Gasteiger partial charge in [-0.1, -0.05) is 12.2 Å². The number of nitrogens with zero attached hydrogens (tertiary/aromatic N) is 1. The van der Waals surface area contributed by atoms with Gasteiger partial charge in [-0.2, -0.15) is 5.26 Å². The van der Waals surface area contributed by atoms with Crippen molar-refractivity contribution in [1.82, 2.24) is 0 Å². The van der Waals surface area contributed by atoms with Gasteiger partial charge in [0, 0.05) is 6.42 Å². The molecule has 0 heterocycles. The molecule has 0 aromatic rings. The average molecular weight is 189 g/mol. The number of nitriles is 1. The largest absolute Gasteiger partial charge is 0.198 e. The van der Waals surface area contributed by atoms with Crippen molar-refractivity contribution in [3.8, 4) is 6.07 Å². The van der Waals surface area contributed by atoms with E-state index in [0.717, 1.165) is 12.3 Å². The molecule has 0 saturated heterocycles. The third kappa shape index (κ3) is 2.73. The molecule has 0 aromatic heterocycles. The van der Waals surface area contributed by atoms with Gasteiger partial charge in [0.1, 0.15) is 0 Å². The molecule has 0 spiro atoms. The summed E-state index contributed by atoms with van der Waals surface area (Å²) in [4.78, 5) is 0. The van der Waals surface area contributed by atoms with Gasteiger partial charge in [0.15, 0.2) is 0 Å². The Kier molecular flexibility index (Phi) is 4.46. The van der Waals surface area contributed by atoms with Crippen LogP contribution in [0.3, 0.4) is 0 Å². The molecule has 76 valence electrons. The summed E-state index contributed by atoms with van der Waals surface area (Å²) in [5, 5.41) is 8.53. The van der Waals surface area contributed by atoms with Crippen molar-refractivity contribution in [2.45, 2.75) is 32.1 Å². The van der Waals surface area contributed by atoms with Crippen molar-refractivity contribution < 1.29 is 0 Å². The Morgan fingerprint density at radius 1 is 1.21 bits per heavy atom. The molecule has 1 rings (SSSR count). The summed E-state index contributed by atoms with van der Waals surface area (Å²) in [6, 6.07) is 2.23. The highest BCUT2D eigenvalue weighted by atomic mass is 14.3. The monoisotopic (exact) mass is 189 g/mol. The lowest BCUT2D eigenvalue weighted by atomic mass is 9.73. The van der Waals surface area contributed by atoms with Crippen LogP contribution in [0.4, 0.5) is 0 Å². The van der Waals surface area contributed by atoms with E-state index in [2.05, 4.69) is 31.4 Å². The molecule has 0 N–H and O–H groups in total. The van der Waals surface area contributed by atoms with Gasteiger partial charge in [-0.05, 0) is 43.4 Å². The highest BCUT2D eigenvalue weighted by Gasteiger charge is 2.26. The number of rotatable bonds is 4. The van der Waals surface area contributed by atoms with Crippen molar-refractivity contribution in [2.75, 3.05) is 0 Å². The van der Waals surface area contributed by atoms with E-state index in [1.165, 1.54) is 19.3 Å². The first-order chi connectivity index (χ1) is 6.81. The molecule has 0 aliphatic heterocycles. The summed E-state index contributed by atoms with van der Waals surface area (Å²) in [6.07, 6.45) is 9.55. The Bertz CT molecular complexity index is 236. The number of hydrogen-bond donors (Lipinski definition) is 0. The van der Waals surface area contributed by atoms with Gasteiger partial charge in [-0.15, -0.1) is 13.2 Å². The maximum Gasteiger partial charge on any atom is 0.0621 e. The van der Waals surface area contributed by atoms with Crippen LogP contribution in [0.5, 0.6) is 0 Å². The van der Waals surface area contributed by atoms with Crippen LogP contribution in [0, 0.1) is 29.1 Å². The van der Waals surface area contributed by atoms with E-state index in [0.29, 0.717) is 18.3 Å². The SMILES string of the molecule is C=CC1CCC(CCC#N)CC1C=C. The molecule has 1 nitrogen and oxygen atoms in total. The topological polar surface area (TPSA) is 23.8 Å². The number of hydrogen-bond acceptors (Lipinski definition) is 1. The Labute approximate surface area is 87.1 Å². The summed E-state index contributed by atoms with van der Waals surface area (Å²) in [6.45, 7) is 7.75. The molecule has 3 unspecified atom stereocenters. The molecule has 14 heavy (non-hydrogen) atoms. The van der Waals surface area contributed by atoms with E-state index in [9.17, 15) is 0 Å². The maximum atomic E-state index is 8.53. The predicted molar refractivity (Wildman–Crippen MR) is 59.6 cm³/mol. The van der Waals surface area contributed by atoms with E-state index in [1.807, 2.05) is 0 Å². The van der Waals surface area contributed by atoms with Crippen LogP contribution in [0.1, 0.15) is 32.1 Å². The maximum absolute atomic E-state index is 8.53. The average Bonchev–Trinajstić information content (AvgIpc) is 2.25. The fraction of sp³-hybridized carbons (Fsp3) is 0.615. The van der Waals surface area contributed by atoms with Crippen LogP contribution in [0.25, 0.3) is 0 Å². The Balaban J connectivity index is 2.44. The highest BCUT2D eigenvalue weighted by molar-refractivity contribution is 4.97. The minimum Gasteiger partial charge on any atom is -0.198 e. The Morgan fingerprint density at radius 3 is 2.50 bits per heavy atom. The molecule has 0 amide bonds. The van der Waals surface area contributed by atoms with Gasteiger partial charge in [0.05, 0.1) is 6.07 Å². The van der Waals surface area contributed by atoms with E-state index >= 15 is 0 Å². The zero-order valence-electron chi connectivity index (χ0n) is 8.78. The fourth-order valence-corrected chi connectivity index (χ4v) is 2.41. The lowest BCUT2D eigenvalue weighted by Crippen LogP contribution is -2.22. The molecular formula is C13H19N. The van der Waals surface area contributed by atoms with E-state index in [4.69, 9.17) is 5.26 Å². The molecule has 1 heteroatoms. The van der Waals surface area contributed by atoms with Gasteiger partial charge in [-0.3, -0.25) is 0 Å². The van der Waals surface area contributed by atoms with Gasteiger partial charge < -0.3 is 0 Å². The second-order valence-electron chi connectivity index (χ2n) is 4.17. The Morgan fingerprint density at radius 2 is 1.93 bits per heavy atom. The highest BCUT2D eigenvalue weighted by Crippen LogP contribution is 2.37. The molecule has 0 aromatic carbocycles. The zero-order chi connectivity index (χ0) is 10.4. The van der Waals surface area contributed by atoms with Crippen LogP contribution in [0.15, 0.2) is 25.3 Å². The van der Waals surface area contributed by atoms with Gasteiger partial charge in [-0.25, -0.2) is 0 Å². The minimum atomic E-state index is 0.588. The third-order valence-corrected chi connectivity index (χ3v) is 3.33. The van der Waals surface area contributed by atoms with E-state index in [1.54, 1.807) is 0 Å². The molecule has 1 aliphatic carbocycles. The fourth-order valence-electron chi connectivity index (χ4n) is 2.41. The van der Waals surface area contributed by atoms with Crippen molar-refractivity contribution in [3.63, 3.8) is 0 Å². The molecular weight excluding hydrogens is 170 g/mol. The molecule has 0 radical (unpaired) electrons. The second kappa shape index (κ2) is 5.65. The normalized spacial score (nSPS) is 31.8. The van der Waals surface area contributed by atoms with Gasteiger partial charge in [0.25, 0.3) is 0 Å². The molecule has 1 fully saturated rings. The molecule has 3 atom stereocenters. The summed E-state index contributed by atoms with van der Waals surface area (Å²) >= 11 is 0. The van der Waals surface area contributed by atoms with E-state index in [-0.39, 0.29) is 0 Å². The quantitative estimate of drug-likeness (QED) is 0.619. The van der Waals surface area contributed by atoms with Crippen molar-refractivity contribution in [2.24, 2.45) is 17.8 Å². The third-order valence-electron chi connectivity index (χ3n) is 3.33. The standard InChI is InChI=1S/C13H19N/c1-3-12-8-7-11(6-5-9-14)10-13(12)4-2/h3-4,11-13H,1-2,5-8,10H2. The van der Waals surface area contributed by atoms with Crippen LogP contribution >= 0.6 is 0 Å². The van der Waals surface area contributed by atoms with Crippen LogP contribution in [-0.4, -0.2) is 0 Å². The molecule has 0 bridgehead atoms. The summed E-state index contributed by atoms with van der Waals surface area (Å²) < 4.78 is 0. The Hall–Kier alpha value is -1.03. The van der Waals surface area contributed by atoms with Crippen LogP contribution in [0.2, 0.25) is 0 Å². The first kappa shape index (κ1) is 11.0. The van der Waals surface area contributed by atoms with Gasteiger partial charge >= 0.3 is 0 Å². The summed E-state index contributed by atoms with van der Waals surface area (Å²) in [7, 11) is 0. The van der Waals surface area contributed by atoms with Crippen LogP contribution in [-0.2, 0) is 0 Å². The van der Waals surface area contributed by atoms with Gasteiger partial charge in [0.2, 0.25) is 0 Å². The number of allylic oxidation sites excluding steroid dienone is 2. The molecule has 1 aliphatic rings. The van der Waals surface area contributed by atoms with Crippen molar-refractivity contribution >= 4 is 0 Å². The summed E-state index contributed by atoms with van der Waals surface area (Å²) in [5.74, 6) is 1.93. The summed E-state index contributed by atoms with van der Waals surface area (Å²) in [5.41, 5.74) is 0. The first-order valence-corrected chi connectivity index (χ1v) is 5.43. The lowest BCUT2D eigenvalue weighted by Gasteiger charge is -2.32. The van der Waals surface area contributed by atoms with E-state index < -0.39 is 0 Å². The van der Waals surface area contributed by atoms with Crippen molar-refractivity contribution in [1.29, 1.82) is 5.26 Å². The lowest BCUT2D eigenvalue weighted by molar-refractivity contribution is 0.243. The second-order valence-corrected chi connectivity index (χ2v) is 4.17. The predicted octanol–water partition coefficient (Wildman–Crippen LogP) is 3.69. The zero-order valence-corrected chi connectivity index (χ0v) is 8.78. The van der Waals surface area contributed by atoms with Crippen LogP contribution < -0.4 is 0 Å². The smallest absolute Gasteiger partial charge is 0.0621 e. The first-order valence-electron chi connectivity index (χ1n) is 5.43. The minimum absolute atomic E-state index is 0.588. The van der Waals surface area contributed by atoms with Crippen molar-refractivity contribution in [3.05, 3.63) is 25.3 Å².